The largest absolute Gasteiger partial charge is 0.380 e. The van der Waals surface area contributed by atoms with E-state index in [1.165, 1.54) is 6.42 Å². The van der Waals surface area contributed by atoms with Gasteiger partial charge in [-0.3, -0.25) is 0 Å². The lowest BCUT2D eigenvalue weighted by Gasteiger charge is -1.97. The molecule has 0 amide bonds. The van der Waals surface area contributed by atoms with Crippen molar-refractivity contribution in [2.45, 2.75) is 52.1 Å². The van der Waals surface area contributed by atoms with E-state index in [4.69, 9.17) is 0 Å². The summed E-state index contributed by atoms with van der Waals surface area (Å²) in [6.07, 6.45) is 4.67. The molecule has 0 heterocycles. The van der Waals surface area contributed by atoms with Crippen molar-refractivity contribution in [1.29, 1.82) is 0 Å². The van der Waals surface area contributed by atoms with Crippen molar-refractivity contribution in [2.75, 3.05) is 0 Å². The molecule has 0 saturated heterocycles. The first-order valence-electron chi connectivity index (χ1n) is 4.47. The summed E-state index contributed by atoms with van der Waals surface area (Å²) in [5, 5.41) is 9.17. The summed E-state index contributed by atoms with van der Waals surface area (Å²) in [5.41, 5.74) is 0. The van der Waals surface area contributed by atoms with Gasteiger partial charge in [-0.25, -0.2) is 0 Å². The zero-order chi connectivity index (χ0) is 8.53. The first kappa shape index (κ1) is 10.5. The summed E-state index contributed by atoms with van der Waals surface area (Å²) in [4.78, 5) is 0. The van der Waals surface area contributed by atoms with Gasteiger partial charge in [-0.1, -0.05) is 32.6 Å². The third kappa shape index (κ3) is 7.42. The van der Waals surface area contributed by atoms with E-state index in [2.05, 4.69) is 25.7 Å². The molecule has 0 saturated carbocycles. The Balaban J connectivity index is 3.34. The van der Waals surface area contributed by atoms with E-state index < -0.39 is 6.10 Å². The highest BCUT2D eigenvalue weighted by Crippen LogP contribution is 1.95. The molecule has 0 radical (unpaired) electrons. The van der Waals surface area contributed by atoms with Crippen LogP contribution < -0.4 is 0 Å². The molecule has 0 aromatic heterocycles. The standard InChI is InChI=1S/C10H18O/c1-3-5-6-7-9-10(11)8-4-2/h10-11H,3-6,8H2,1-2H3. The lowest BCUT2D eigenvalue weighted by Crippen LogP contribution is -2.00. The molecular formula is C10H18O. The quantitative estimate of drug-likeness (QED) is 0.487. The van der Waals surface area contributed by atoms with Gasteiger partial charge in [0.25, 0.3) is 0 Å². The second-order valence-corrected chi connectivity index (χ2v) is 2.73. The predicted molar refractivity (Wildman–Crippen MR) is 48.2 cm³/mol. The summed E-state index contributed by atoms with van der Waals surface area (Å²) >= 11 is 0. The van der Waals surface area contributed by atoms with Gasteiger partial charge in [0, 0.05) is 6.42 Å². The smallest absolute Gasteiger partial charge is 0.114 e. The molecule has 0 spiro atoms. The summed E-state index contributed by atoms with van der Waals surface area (Å²) in [5.74, 6) is 5.79. The normalized spacial score (nSPS) is 11.9. The third-order valence-electron chi connectivity index (χ3n) is 1.49. The Labute approximate surface area is 69.8 Å². The molecule has 64 valence electrons. The van der Waals surface area contributed by atoms with Crippen LogP contribution in [0.2, 0.25) is 0 Å². The number of unbranched alkanes of at least 4 members (excludes halogenated alkanes) is 2. The number of hydrogen-bond donors (Lipinski definition) is 1. The highest BCUT2D eigenvalue weighted by molar-refractivity contribution is 5.03. The van der Waals surface area contributed by atoms with Crippen LogP contribution in [-0.4, -0.2) is 11.2 Å². The lowest BCUT2D eigenvalue weighted by molar-refractivity contribution is 0.221. The number of hydrogen-bond acceptors (Lipinski definition) is 1. The first-order chi connectivity index (χ1) is 5.31. The molecule has 0 aromatic rings. The Morgan fingerprint density at radius 3 is 2.55 bits per heavy atom. The summed E-state index contributed by atoms with van der Waals surface area (Å²) in [6.45, 7) is 4.20. The topological polar surface area (TPSA) is 20.2 Å². The molecule has 1 heteroatoms. The number of rotatable bonds is 4. The number of aliphatic hydroxyl groups is 1. The Morgan fingerprint density at radius 2 is 2.00 bits per heavy atom. The minimum absolute atomic E-state index is 0.392. The van der Waals surface area contributed by atoms with Gasteiger partial charge in [0.2, 0.25) is 0 Å². The average molecular weight is 154 g/mol. The average Bonchev–Trinajstić information content (AvgIpc) is 1.99. The SMILES string of the molecule is CCCCC#CC(O)CCC. The molecule has 1 unspecified atom stereocenters. The van der Waals surface area contributed by atoms with Gasteiger partial charge >= 0.3 is 0 Å². The third-order valence-corrected chi connectivity index (χ3v) is 1.49. The summed E-state index contributed by atoms with van der Waals surface area (Å²) < 4.78 is 0. The van der Waals surface area contributed by atoms with Gasteiger partial charge in [0.15, 0.2) is 0 Å². The van der Waals surface area contributed by atoms with Crippen LogP contribution >= 0.6 is 0 Å². The van der Waals surface area contributed by atoms with Gasteiger partial charge < -0.3 is 5.11 Å². The van der Waals surface area contributed by atoms with Crippen molar-refractivity contribution in [2.24, 2.45) is 0 Å². The molecule has 0 aliphatic heterocycles. The molecule has 1 nitrogen and oxygen atoms in total. The maximum atomic E-state index is 9.17. The molecule has 0 aliphatic rings. The van der Waals surface area contributed by atoms with E-state index in [-0.39, 0.29) is 0 Å². The van der Waals surface area contributed by atoms with Crippen LogP contribution in [0.15, 0.2) is 0 Å². The van der Waals surface area contributed by atoms with Gasteiger partial charge in [0.05, 0.1) is 0 Å². The van der Waals surface area contributed by atoms with Crippen LogP contribution in [-0.2, 0) is 0 Å². The predicted octanol–water partition coefficient (Wildman–Crippen LogP) is 2.34. The minimum atomic E-state index is -0.392. The van der Waals surface area contributed by atoms with Crippen molar-refractivity contribution < 1.29 is 5.11 Å². The zero-order valence-corrected chi connectivity index (χ0v) is 7.56. The second kappa shape index (κ2) is 7.63. The van der Waals surface area contributed by atoms with Crippen molar-refractivity contribution in [3.63, 3.8) is 0 Å². The lowest BCUT2D eigenvalue weighted by atomic mass is 10.2. The summed E-state index contributed by atoms with van der Waals surface area (Å²) in [7, 11) is 0. The van der Waals surface area contributed by atoms with Crippen molar-refractivity contribution in [3.05, 3.63) is 0 Å². The van der Waals surface area contributed by atoms with E-state index in [1.807, 2.05) is 0 Å². The van der Waals surface area contributed by atoms with Gasteiger partial charge in [0.1, 0.15) is 6.10 Å². The maximum Gasteiger partial charge on any atom is 0.114 e. The Bertz CT molecular complexity index is 130. The van der Waals surface area contributed by atoms with Crippen molar-refractivity contribution in [3.8, 4) is 11.8 Å². The molecule has 0 aliphatic carbocycles. The van der Waals surface area contributed by atoms with Gasteiger partial charge in [-0.05, 0) is 12.8 Å². The fraction of sp³-hybridized carbons (Fsp3) is 0.800. The Morgan fingerprint density at radius 1 is 1.27 bits per heavy atom. The Hall–Kier alpha value is -0.480. The van der Waals surface area contributed by atoms with Crippen LogP contribution in [0.3, 0.4) is 0 Å². The van der Waals surface area contributed by atoms with Crippen LogP contribution in [0.25, 0.3) is 0 Å². The highest BCUT2D eigenvalue weighted by Gasteiger charge is 1.93. The van der Waals surface area contributed by atoms with E-state index in [0.29, 0.717) is 0 Å². The van der Waals surface area contributed by atoms with Gasteiger partial charge in [-0.15, -0.1) is 5.92 Å². The van der Waals surface area contributed by atoms with Crippen LogP contribution in [0.4, 0.5) is 0 Å². The Kier molecular flexibility index (Phi) is 7.29. The van der Waals surface area contributed by atoms with E-state index in [0.717, 1.165) is 25.7 Å². The highest BCUT2D eigenvalue weighted by atomic mass is 16.3. The first-order valence-corrected chi connectivity index (χ1v) is 4.47. The van der Waals surface area contributed by atoms with Crippen molar-refractivity contribution in [1.82, 2.24) is 0 Å². The van der Waals surface area contributed by atoms with Crippen LogP contribution in [0.5, 0.6) is 0 Å². The fourth-order valence-electron chi connectivity index (χ4n) is 0.801. The molecule has 0 bridgehead atoms. The van der Waals surface area contributed by atoms with E-state index in [9.17, 15) is 5.11 Å². The molecular weight excluding hydrogens is 136 g/mol. The van der Waals surface area contributed by atoms with E-state index >= 15 is 0 Å². The molecule has 0 rings (SSSR count). The second-order valence-electron chi connectivity index (χ2n) is 2.73. The van der Waals surface area contributed by atoms with Crippen molar-refractivity contribution >= 4 is 0 Å². The maximum absolute atomic E-state index is 9.17. The van der Waals surface area contributed by atoms with E-state index in [1.54, 1.807) is 0 Å². The zero-order valence-electron chi connectivity index (χ0n) is 7.56. The molecule has 0 fully saturated rings. The van der Waals surface area contributed by atoms with Crippen LogP contribution in [0.1, 0.15) is 46.0 Å². The molecule has 11 heavy (non-hydrogen) atoms. The van der Waals surface area contributed by atoms with Crippen LogP contribution in [0, 0.1) is 11.8 Å². The molecule has 1 N–H and O–H groups in total. The molecule has 0 aromatic carbocycles. The molecule has 1 atom stereocenters. The summed E-state index contributed by atoms with van der Waals surface area (Å²) in [6, 6.07) is 0. The minimum Gasteiger partial charge on any atom is -0.380 e. The fourth-order valence-corrected chi connectivity index (χ4v) is 0.801. The van der Waals surface area contributed by atoms with Gasteiger partial charge in [-0.2, -0.15) is 0 Å². The monoisotopic (exact) mass is 154 g/mol. The number of aliphatic hydroxyl groups excluding tert-OH is 1.